The molecule has 0 atom stereocenters. The maximum atomic E-state index is 13.8. The number of halogens is 2. The van der Waals surface area contributed by atoms with E-state index in [0.717, 1.165) is 31.7 Å². The van der Waals surface area contributed by atoms with Crippen molar-refractivity contribution in [2.45, 2.75) is 45.1 Å². The largest absolute Gasteiger partial charge is 0.321 e. The van der Waals surface area contributed by atoms with E-state index in [-0.39, 0.29) is 5.41 Å². The monoisotopic (exact) mass is 239 g/mol. The second-order valence-corrected chi connectivity index (χ2v) is 5.94. The van der Waals surface area contributed by atoms with E-state index in [1.165, 1.54) is 12.1 Å². The summed E-state index contributed by atoms with van der Waals surface area (Å²) >= 11 is 0. The smallest absolute Gasteiger partial charge is 0.131 e. The predicted octanol–water partition coefficient (Wildman–Crippen LogP) is 3.72. The van der Waals surface area contributed by atoms with E-state index in [1.54, 1.807) is 0 Å². The van der Waals surface area contributed by atoms with Crippen molar-refractivity contribution in [2.75, 3.05) is 0 Å². The fourth-order valence-electron chi connectivity index (χ4n) is 2.54. The first-order valence-electron chi connectivity index (χ1n) is 6.07. The van der Waals surface area contributed by atoms with Crippen LogP contribution in [-0.4, -0.2) is 0 Å². The molecule has 0 saturated heterocycles. The molecule has 2 rings (SSSR count). The van der Waals surface area contributed by atoms with Crippen LogP contribution in [0.5, 0.6) is 0 Å². The molecule has 0 spiro atoms. The van der Waals surface area contributed by atoms with Crippen LogP contribution in [-0.2, 0) is 5.54 Å². The van der Waals surface area contributed by atoms with Gasteiger partial charge in [0.1, 0.15) is 11.6 Å². The van der Waals surface area contributed by atoms with Crippen molar-refractivity contribution in [1.82, 2.24) is 0 Å². The van der Waals surface area contributed by atoms with Gasteiger partial charge in [-0.2, -0.15) is 0 Å². The molecule has 0 amide bonds. The van der Waals surface area contributed by atoms with Crippen LogP contribution >= 0.6 is 0 Å². The summed E-state index contributed by atoms with van der Waals surface area (Å²) in [6, 6.07) is 3.69. The summed E-state index contributed by atoms with van der Waals surface area (Å²) in [7, 11) is 0. The van der Waals surface area contributed by atoms with Crippen molar-refractivity contribution >= 4 is 0 Å². The quantitative estimate of drug-likeness (QED) is 0.794. The Labute approximate surface area is 101 Å². The van der Waals surface area contributed by atoms with Gasteiger partial charge in [0.15, 0.2) is 0 Å². The highest BCUT2D eigenvalue weighted by molar-refractivity contribution is 5.27. The van der Waals surface area contributed by atoms with E-state index in [4.69, 9.17) is 5.73 Å². The maximum absolute atomic E-state index is 13.8. The minimum atomic E-state index is -0.632. The third-order valence-corrected chi connectivity index (χ3v) is 3.96. The summed E-state index contributed by atoms with van der Waals surface area (Å²) in [5, 5.41) is 0. The zero-order valence-electron chi connectivity index (χ0n) is 10.4. The van der Waals surface area contributed by atoms with Crippen LogP contribution < -0.4 is 5.73 Å². The van der Waals surface area contributed by atoms with Crippen LogP contribution in [0.15, 0.2) is 18.2 Å². The summed E-state index contributed by atoms with van der Waals surface area (Å²) in [5.41, 5.74) is 6.39. The van der Waals surface area contributed by atoms with Crippen LogP contribution in [0.2, 0.25) is 0 Å². The van der Waals surface area contributed by atoms with Crippen molar-refractivity contribution in [2.24, 2.45) is 11.1 Å². The molecule has 1 aliphatic rings. The zero-order valence-corrected chi connectivity index (χ0v) is 10.4. The molecule has 0 bridgehead atoms. The van der Waals surface area contributed by atoms with Gasteiger partial charge in [0.05, 0.1) is 0 Å². The average molecular weight is 239 g/mol. The van der Waals surface area contributed by atoms with Gasteiger partial charge in [-0.05, 0) is 37.2 Å². The molecular formula is C14H19F2N. The molecule has 1 aliphatic carbocycles. The third-order valence-electron chi connectivity index (χ3n) is 3.96. The fourth-order valence-corrected chi connectivity index (χ4v) is 2.54. The van der Waals surface area contributed by atoms with Crippen molar-refractivity contribution in [1.29, 1.82) is 0 Å². The molecule has 94 valence electrons. The molecule has 1 aromatic carbocycles. The third kappa shape index (κ3) is 2.49. The molecule has 2 N–H and O–H groups in total. The molecule has 0 radical (unpaired) electrons. The summed E-state index contributed by atoms with van der Waals surface area (Å²) in [6.45, 7) is 4.40. The summed E-state index contributed by atoms with van der Waals surface area (Å²) in [6.07, 6.45) is 3.45. The van der Waals surface area contributed by atoms with Gasteiger partial charge in [-0.15, -0.1) is 0 Å². The maximum Gasteiger partial charge on any atom is 0.131 e. The Balaban J connectivity index is 2.27. The van der Waals surface area contributed by atoms with Crippen LogP contribution in [0, 0.1) is 17.0 Å². The highest BCUT2D eigenvalue weighted by atomic mass is 19.1. The Bertz CT molecular complexity index is 416. The second-order valence-electron chi connectivity index (χ2n) is 5.94. The minimum absolute atomic E-state index is 0.277. The highest BCUT2D eigenvalue weighted by Crippen LogP contribution is 2.44. The first-order chi connectivity index (χ1) is 7.82. The van der Waals surface area contributed by atoms with E-state index >= 15 is 0 Å². The molecule has 0 aliphatic heterocycles. The molecule has 1 saturated carbocycles. The van der Waals surface area contributed by atoms with Gasteiger partial charge >= 0.3 is 0 Å². The number of rotatable bonds is 1. The molecule has 1 aromatic rings. The molecule has 0 aromatic heterocycles. The summed E-state index contributed by atoms with van der Waals surface area (Å²) in [4.78, 5) is 0. The summed E-state index contributed by atoms with van der Waals surface area (Å²) in [5.74, 6) is -1.07. The van der Waals surface area contributed by atoms with Gasteiger partial charge in [0.25, 0.3) is 0 Å². The average Bonchev–Trinajstić information content (AvgIpc) is 2.23. The Kier molecular flexibility index (Phi) is 2.98. The lowest BCUT2D eigenvalue weighted by atomic mass is 9.67. The second kappa shape index (κ2) is 4.05. The number of nitrogens with two attached hydrogens (primary N) is 1. The molecule has 1 nitrogen and oxygen atoms in total. The predicted molar refractivity (Wildman–Crippen MR) is 64.5 cm³/mol. The van der Waals surface area contributed by atoms with Crippen molar-refractivity contribution < 1.29 is 8.78 Å². The van der Waals surface area contributed by atoms with Crippen LogP contribution in [0.25, 0.3) is 0 Å². The number of hydrogen-bond acceptors (Lipinski definition) is 1. The van der Waals surface area contributed by atoms with Crippen LogP contribution in [0.3, 0.4) is 0 Å². The highest BCUT2D eigenvalue weighted by Gasteiger charge is 2.38. The topological polar surface area (TPSA) is 26.0 Å². The number of benzene rings is 1. The lowest BCUT2D eigenvalue weighted by Gasteiger charge is -2.41. The Morgan fingerprint density at radius 3 is 2.18 bits per heavy atom. The molecular weight excluding hydrogens is 220 g/mol. The van der Waals surface area contributed by atoms with E-state index in [1.807, 2.05) is 0 Å². The minimum Gasteiger partial charge on any atom is -0.321 e. The van der Waals surface area contributed by atoms with Crippen molar-refractivity contribution in [3.63, 3.8) is 0 Å². The lowest BCUT2D eigenvalue weighted by Crippen LogP contribution is -2.43. The van der Waals surface area contributed by atoms with E-state index < -0.39 is 17.2 Å². The Hall–Kier alpha value is -0.960. The van der Waals surface area contributed by atoms with E-state index in [0.29, 0.717) is 5.56 Å². The lowest BCUT2D eigenvalue weighted by molar-refractivity contribution is 0.162. The van der Waals surface area contributed by atoms with Gasteiger partial charge in [-0.3, -0.25) is 0 Å². The molecule has 3 heteroatoms. The van der Waals surface area contributed by atoms with Crippen LogP contribution in [0.1, 0.15) is 45.1 Å². The standard InChI is InChI=1S/C14H19F2N/c1-13(2)5-7-14(17,8-6-13)11-4-3-10(15)9-12(11)16/h3-4,9H,5-8,17H2,1-2H3. The molecule has 0 unspecified atom stereocenters. The molecule has 17 heavy (non-hydrogen) atoms. The van der Waals surface area contributed by atoms with Crippen molar-refractivity contribution in [3.8, 4) is 0 Å². The van der Waals surface area contributed by atoms with Gasteiger partial charge in [-0.1, -0.05) is 19.9 Å². The number of hydrogen-bond donors (Lipinski definition) is 1. The van der Waals surface area contributed by atoms with Gasteiger partial charge in [0, 0.05) is 17.2 Å². The first-order valence-corrected chi connectivity index (χ1v) is 6.07. The van der Waals surface area contributed by atoms with E-state index in [9.17, 15) is 8.78 Å². The zero-order chi connectivity index (χ0) is 12.7. The van der Waals surface area contributed by atoms with Crippen LogP contribution in [0.4, 0.5) is 8.78 Å². The van der Waals surface area contributed by atoms with Crippen molar-refractivity contribution in [3.05, 3.63) is 35.4 Å². The SMILES string of the molecule is CC1(C)CCC(N)(c2ccc(F)cc2F)CC1. The van der Waals surface area contributed by atoms with E-state index in [2.05, 4.69) is 13.8 Å². The van der Waals surface area contributed by atoms with Gasteiger partial charge in [0.2, 0.25) is 0 Å². The molecule has 0 heterocycles. The van der Waals surface area contributed by atoms with Gasteiger partial charge < -0.3 is 5.73 Å². The fraction of sp³-hybridized carbons (Fsp3) is 0.571. The molecule has 1 fully saturated rings. The van der Waals surface area contributed by atoms with Gasteiger partial charge in [-0.25, -0.2) is 8.78 Å². The Morgan fingerprint density at radius 2 is 1.65 bits per heavy atom. The normalized spacial score (nSPS) is 22.4. The Morgan fingerprint density at radius 1 is 1.06 bits per heavy atom. The first kappa shape index (κ1) is 12.5. The summed E-state index contributed by atoms with van der Waals surface area (Å²) < 4.78 is 26.6.